The maximum absolute atomic E-state index is 5.17. The molecule has 1 heterocycles. The van der Waals surface area contributed by atoms with Gasteiger partial charge in [-0.25, -0.2) is 0 Å². The predicted molar refractivity (Wildman–Crippen MR) is 84.2 cm³/mol. The number of nitrogens with zero attached hydrogens (tertiary/aromatic N) is 1. The van der Waals surface area contributed by atoms with Gasteiger partial charge < -0.3 is 10.2 Å². The van der Waals surface area contributed by atoms with Gasteiger partial charge in [-0.2, -0.15) is 5.10 Å². The summed E-state index contributed by atoms with van der Waals surface area (Å²) in [6.45, 7) is 0. The molecule has 1 atom stereocenters. The van der Waals surface area contributed by atoms with Gasteiger partial charge in [-0.1, -0.05) is 28.1 Å². The fourth-order valence-electron chi connectivity index (χ4n) is 2.29. The second kappa shape index (κ2) is 5.67. The van der Waals surface area contributed by atoms with E-state index < -0.39 is 0 Å². The monoisotopic (exact) mass is 330 g/mol. The van der Waals surface area contributed by atoms with Crippen LogP contribution in [0, 0.1) is 0 Å². The Kier molecular flexibility index (Phi) is 3.74. The summed E-state index contributed by atoms with van der Waals surface area (Å²) in [4.78, 5) is 0. The molecule has 0 bridgehead atoms. The third-order valence-corrected chi connectivity index (χ3v) is 3.98. The van der Waals surface area contributed by atoms with Crippen molar-refractivity contribution in [3.05, 3.63) is 64.1 Å². The number of hydrogen-bond acceptors (Lipinski definition) is 3. The predicted octanol–water partition coefficient (Wildman–Crippen LogP) is 3.90. The lowest BCUT2D eigenvalue weighted by molar-refractivity contribution is 0.415. The molecule has 3 nitrogen and oxygen atoms in total. The van der Waals surface area contributed by atoms with E-state index in [1.807, 2.05) is 24.3 Å². The minimum absolute atomic E-state index is 0.250. The molecule has 2 aromatic carbocycles. The molecule has 0 aromatic heterocycles. The Balaban J connectivity index is 1.73. The lowest BCUT2D eigenvalue weighted by Crippen LogP contribution is -2.09. The molecular weight excluding hydrogens is 316 g/mol. The van der Waals surface area contributed by atoms with Gasteiger partial charge in [0.2, 0.25) is 0 Å². The summed E-state index contributed by atoms with van der Waals surface area (Å²) in [5.41, 5.74) is 6.68. The van der Waals surface area contributed by atoms with Crippen LogP contribution in [-0.2, 0) is 0 Å². The standard InChI is InChI=1S/C16H15BrN2O/c1-20-14-8-4-12(5-9-14)16-10-15(18-19-16)11-2-6-13(17)7-3-11/h2-9,15,18H,10H2,1H3. The van der Waals surface area contributed by atoms with Gasteiger partial charge >= 0.3 is 0 Å². The lowest BCUT2D eigenvalue weighted by atomic mass is 9.99. The Morgan fingerprint density at radius 3 is 2.45 bits per heavy atom. The highest BCUT2D eigenvalue weighted by Gasteiger charge is 2.20. The second-order valence-corrected chi connectivity index (χ2v) is 5.64. The number of methoxy groups -OCH3 is 1. The highest BCUT2D eigenvalue weighted by atomic mass is 79.9. The first kappa shape index (κ1) is 13.2. The Morgan fingerprint density at radius 2 is 1.80 bits per heavy atom. The van der Waals surface area contributed by atoms with E-state index in [9.17, 15) is 0 Å². The molecule has 0 fully saturated rings. The summed E-state index contributed by atoms with van der Waals surface area (Å²) in [7, 11) is 1.67. The number of rotatable bonds is 3. The minimum atomic E-state index is 0.250. The molecule has 20 heavy (non-hydrogen) atoms. The van der Waals surface area contributed by atoms with Crippen LogP contribution in [0.2, 0.25) is 0 Å². The second-order valence-electron chi connectivity index (χ2n) is 4.72. The molecule has 102 valence electrons. The molecule has 0 saturated heterocycles. The van der Waals surface area contributed by atoms with Crippen LogP contribution >= 0.6 is 15.9 Å². The van der Waals surface area contributed by atoms with E-state index >= 15 is 0 Å². The summed E-state index contributed by atoms with van der Waals surface area (Å²) < 4.78 is 6.27. The van der Waals surface area contributed by atoms with Crippen molar-refractivity contribution in [3.63, 3.8) is 0 Å². The van der Waals surface area contributed by atoms with Crippen molar-refractivity contribution in [2.45, 2.75) is 12.5 Å². The van der Waals surface area contributed by atoms with E-state index in [-0.39, 0.29) is 6.04 Å². The van der Waals surface area contributed by atoms with Crippen LogP contribution in [0.4, 0.5) is 0 Å². The molecule has 3 rings (SSSR count). The van der Waals surface area contributed by atoms with Crippen molar-refractivity contribution in [3.8, 4) is 5.75 Å². The Hall–Kier alpha value is -1.81. The number of hydrogen-bond donors (Lipinski definition) is 1. The van der Waals surface area contributed by atoms with Crippen LogP contribution in [0.25, 0.3) is 0 Å². The van der Waals surface area contributed by atoms with Crippen LogP contribution in [0.5, 0.6) is 5.75 Å². The molecule has 0 saturated carbocycles. The zero-order valence-electron chi connectivity index (χ0n) is 11.1. The van der Waals surface area contributed by atoms with Gasteiger partial charge in [-0.05, 0) is 47.5 Å². The molecule has 4 heteroatoms. The molecule has 1 unspecified atom stereocenters. The van der Waals surface area contributed by atoms with E-state index in [4.69, 9.17) is 4.74 Å². The summed E-state index contributed by atoms with van der Waals surface area (Å²) in [6.07, 6.45) is 0.897. The largest absolute Gasteiger partial charge is 0.497 e. The molecular formula is C16H15BrN2O. The number of benzene rings is 2. The van der Waals surface area contributed by atoms with Crippen molar-refractivity contribution in [1.82, 2.24) is 5.43 Å². The molecule has 2 aromatic rings. The summed E-state index contributed by atoms with van der Waals surface area (Å²) in [6, 6.07) is 16.6. The maximum atomic E-state index is 5.17. The fraction of sp³-hybridized carbons (Fsp3) is 0.188. The number of halogens is 1. The van der Waals surface area contributed by atoms with E-state index in [0.717, 1.165) is 27.9 Å². The topological polar surface area (TPSA) is 33.6 Å². The molecule has 1 N–H and O–H groups in total. The average molecular weight is 331 g/mol. The first-order chi connectivity index (χ1) is 9.76. The summed E-state index contributed by atoms with van der Waals surface area (Å²) in [5.74, 6) is 0.866. The van der Waals surface area contributed by atoms with Gasteiger partial charge in [0.05, 0.1) is 18.9 Å². The molecule has 0 aliphatic carbocycles. The Labute approximate surface area is 126 Å². The van der Waals surface area contributed by atoms with Crippen molar-refractivity contribution in [2.24, 2.45) is 5.10 Å². The van der Waals surface area contributed by atoms with Gasteiger partial charge in [0, 0.05) is 10.9 Å². The highest BCUT2D eigenvalue weighted by molar-refractivity contribution is 9.10. The maximum Gasteiger partial charge on any atom is 0.118 e. The van der Waals surface area contributed by atoms with Gasteiger partial charge in [-0.15, -0.1) is 0 Å². The quantitative estimate of drug-likeness (QED) is 0.926. The first-order valence-corrected chi connectivity index (χ1v) is 7.27. The molecule has 1 aliphatic heterocycles. The number of ether oxygens (including phenoxy) is 1. The third-order valence-electron chi connectivity index (χ3n) is 3.45. The summed E-state index contributed by atoms with van der Waals surface area (Å²) >= 11 is 3.46. The third kappa shape index (κ3) is 2.70. The van der Waals surface area contributed by atoms with Crippen molar-refractivity contribution < 1.29 is 4.74 Å². The average Bonchev–Trinajstić information content (AvgIpc) is 2.98. The van der Waals surface area contributed by atoms with E-state index in [0.29, 0.717) is 0 Å². The molecule has 0 amide bonds. The molecule has 1 aliphatic rings. The Morgan fingerprint density at radius 1 is 1.10 bits per heavy atom. The summed E-state index contributed by atoms with van der Waals surface area (Å²) in [5, 5.41) is 4.46. The van der Waals surface area contributed by atoms with Crippen LogP contribution < -0.4 is 10.2 Å². The highest BCUT2D eigenvalue weighted by Crippen LogP contribution is 2.26. The van der Waals surface area contributed by atoms with Crippen LogP contribution in [0.1, 0.15) is 23.6 Å². The van der Waals surface area contributed by atoms with Gasteiger partial charge in [0.1, 0.15) is 5.75 Å². The number of nitrogens with one attached hydrogen (secondary N) is 1. The Bertz CT molecular complexity index is 620. The minimum Gasteiger partial charge on any atom is -0.497 e. The van der Waals surface area contributed by atoms with E-state index in [1.54, 1.807) is 7.11 Å². The van der Waals surface area contributed by atoms with Crippen molar-refractivity contribution in [2.75, 3.05) is 7.11 Å². The van der Waals surface area contributed by atoms with Crippen molar-refractivity contribution >= 4 is 21.6 Å². The van der Waals surface area contributed by atoms with Gasteiger partial charge in [0.25, 0.3) is 0 Å². The molecule has 0 spiro atoms. The van der Waals surface area contributed by atoms with Crippen LogP contribution in [0.15, 0.2) is 58.1 Å². The number of hydrazone groups is 1. The van der Waals surface area contributed by atoms with Crippen molar-refractivity contribution in [1.29, 1.82) is 0 Å². The fourth-order valence-corrected chi connectivity index (χ4v) is 2.56. The van der Waals surface area contributed by atoms with Crippen LogP contribution in [0.3, 0.4) is 0 Å². The van der Waals surface area contributed by atoms with E-state index in [2.05, 4.69) is 50.7 Å². The van der Waals surface area contributed by atoms with Crippen LogP contribution in [-0.4, -0.2) is 12.8 Å². The zero-order chi connectivity index (χ0) is 13.9. The zero-order valence-corrected chi connectivity index (χ0v) is 12.7. The van der Waals surface area contributed by atoms with Gasteiger partial charge in [0.15, 0.2) is 0 Å². The lowest BCUT2D eigenvalue weighted by Gasteiger charge is -2.10. The normalized spacial score (nSPS) is 17.5. The SMILES string of the molecule is COc1ccc(C2=NNC(c3ccc(Br)cc3)C2)cc1. The van der Waals surface area contributed by atoms with Gasteiger partial charge in [-0.3, -0.25) is 0 Å². The van der Waals surface area contributed by atoms with E-state index in [1.165, 1.54) is 5.56 Å². The molecule has 0 radical (unpaired) electrons. The smallest absolute Gasteiger partial charge is 0.118 e. The first-order valence-electron chi connectivity index (χ1n) is 6.48.